The van der Waals surface area contributed by atoms with Crippen LogP contribution in [-0.4, -0.2) is 51.7 Å². The summed E-state index contributed by atoms with van der Waals surface area (Å²) in [6, 6.07) is 16.5. The Balaban J connectivity index is 1.51. The van der Waals surface area contributed by atoms with Crippen LogP contribution in [0.3, 0.4) is 0 Å². The largest absolute Gasteiger partial charge is 0.396 e. The van der Waals surface area contributed by atoms with Crippen LogP contribution in [0.25, 0.3) is 28.2 Å². The lowest BCUT2D eigenvalue weighted by molar-refractivity contribution is 0.294. The van der Waals surface area contributed by atoms with Crippen molar-refractivity contribution in [3.8, 4) is 22.5 Å². The van der Waals surface area contributed by atoms with E-state index in [0.29, 0.717) is 18.8 Å². The summed E-state index contributed by atoms with van der Waals surface area (Å²) in [4.78, 5) is 4.73. The minimum Gasteiger partial charge on any atom is -0.396 e. The molecule has 0 fully saturated rings. The van der Waals surface area contributed by atoms with Crippen molar-refractivity contribution in [2.75, 3.05) is 6.61 Å². The van der Waals surface area contributed by atoms with Crippen molar-refractivity contribution >= 4 is 5.65 Å². The molecule has 0 amide bonds. The molecule has 33 heavy (non-hydrogen) atoms. The zero-order chi connectivity index (χ0) is 22.8. The molecule has 168 valence electrons. The van der Waals surface area contributed by atoms with Crippen LogP contribution in [0.15, 0.2) is 48.5 Å². The molecule has 0 saturated heterocycles. The van der Waals surface area contributed by atoms with Crippen LogP contribution in [0.5, 0.6) is 0 Å². The molecule has 5 aromatic rings. The van der Waals surface area contributed by atoms with E-state index in [2.05, 4.69) is 69.5 Å². The van der Waals surface area contributed by atoms with Crippen LogP contribution in [0.2, 0.25) is 0 Å². The fraction of sp³-hybridized carbons (Fsp3) is 0.292. The molecule has 0 radical (unpaired) electrons. The first-order chi connectivity index (χ1) is 16.2. The fourth-order valence-corrected chi connectivity index (χ4v) is 4.34. The monoisotopic (exact) mass is 442 g/mol. The highest BCUT2D eigenvalue weighted by molar-refractivity contribution is 5.80. The summed E-state index contributed by atoms with van der Waals surface area (Å²) < 4.78 is 4.04. The third kappa shape index (κ3) is 3.80. The molecule has 2 N–H and O–H groups in total. The number of hydrogen-bond acceptors (Lipinski definition) is 6. The number of aromatic nitrogens is 8. The van der Waals surface area contributed by atoms with Gasteiger partial charge in [0.05, 0.1) is 6.54 Å². The molecule has 0 aliphatic rings. The number of tetrazole rings is 1. The summed E-state index contributed by atoms with van der Waals surface area (Å²) in [6.45, 7) is 4.92. The van der Waals surface area contributed by atoms with Crippen LogP contribution in [0.4, 0.5) is 0 Å². The second-order valence-electron chi connectivity index (χ2n) is 7.90. The third-order valence-electron chi connectivity index (χ3n) is 5.94. The summed E-state index contributed by atoms with van der Waals surface area (Å²) in [5.74, 6) is 1.47. The molecule has 0 aliphatic carbocycles. The Labute approximate surface area is 191 Å². The molecule has 3 aromatic heterocycles. The van der Waals surface area contributed by atoms with Gasteiger partial charge < -0.3 is 5.11 Å². The molecule has 5 rings (SSSR count). The number of H-pyrrole nitrogens is 1. The lowest BCUT2D eigenvalue weighted by atomic mass is 9.98. The van der Waals surface area contributed by atoms with Crippen LogP contribution < -0.4 is 0 Å². The molecule has 9 heteroatoms. The van der Waals surface area contributed by atoms with Crippen molar-refractivity contribution in [3.63, 3.8) is 0 Å². The highest BCUT2D eigenvalue weighted by Gasteiger charge is 2.19. The minimum absolute atomic E-state index is 0.0903. The maximum atomic E-state index is 9.68. The van der Waals surface area contributed by atoms with E-state index >= 15 is 0 Å². The van der Waals surface area contributed by atoms with Crippen molar-refractivity contribution in [2.45, 2.75) is 39.7 Å². The SMILES string of the molecule is CCc1nc2c(CC)c(CCO)n(Cc3ccc(-c4ccccc4-c4nnn[nH]4)cc3)n2n1. The van der Waals surface area contributed by atoms with Crippen LogP contribution >= 0.6 is 0 Å². The third-order valence-corrected chi connectivity index (χ3v) is 5.94. The van der Waals surface area contributed by atoms with Gasteiger partial charge in [-0.3, -0.25) is 4.68 Å². The second kappa shape index (κ2) is 8.95. The Morgan fingerprint density at radius 1 is 0.970 bits per heavy atom. The Bertz CT molecular complexity index is 1370. The molecular weight excluding hydrogens is 416 g/mol. The van der Waals surface area contributed by atoms with Crippen LogP contribution in [-0.2, 0) is 25.8 Å². The quantitative estimate of drug-likeness (QED) is 0.382. The number of fused-ring (bicyclic) bond motifs is 1. The lowest BCUT2D eigenvalue weighted by Crippen LogP contribution is -2.13. The Kier molecular flexibility index (Phi) is 5.70. The molecule has 0 spiro atoms. The number of nitrogens with zero attached hydrogens (tertiary/aromatic N) is 7. The molecule has 0 atom stereocenters. The lowest BCUT2D eigenvalue weighted by Gasteiger charge is -2.12. The van der Waals surface area contributed by atoms with Gasteiger partial charge >= 0.3 is 0 Å². The number of aliphatic hydroxyl groups is 1. The van der Waals surface area contributed by atoms with Gasteiger partial charge in [-0.1, -0.05) is 62.4 Å². The Morgan fingerprint density at radius 2 is 1.76 bits per heavy atom. The second-order valence-corrected chi connectivity index (χ2v) is 7.90. The number of aliphatic hydroxyl groups excluding tert-OH is 1. The Hall–Kier alpha value is -3.85. The number of nitrogens with one attached hydrogen (secondary N) is 1. The van der Waals surface area contributed by atoms with E-state index in [1.54, 1.807) is 0 Å². The van der Waals surface area contributed by atoms with Gasteiger partial charge in [0.25, 0.3) is 0 Å². The van der Waals surface area contributed by atoms with E-state index in [-0.39, 0.29) is 6.61 Å². The normalized spacial score (nSPS) is 11.5. The zero-order valence-corrected chi connectivity index (χ0v) is 18.7. The van der Waals surface area contributed by atoms with E-state index < -0.39 is 0 Å². The number of hydrogen-bond donors (Lipinski definition) is 2. The first-order valence-corrected chi connectivity index (χ1v) is 11.2. The summed E-state index contributed by atoms with van der Waals surface area (Å²) in [6.07, 6.45) is 2.21. The highest BCUT2D eigenvalue weighted by atomic mass is 16.3. The molecule has 0 unspecified atom stereocenters. The standard InChI is InChI=1S/C24H26N8O/c1-3-18-21(13-14-33)31(32-24(18)25-22(4-2)28-32)15-16-9-11-17(12-10-16)19-7-5-6-8-20(19)23-26-29-30-27-23/h5-12,33H,3-4,13-15H2,1-2H3,(H,26,27,29,30). The van der Waals surface area contributed by atoms with Gasteiger partial charge in [-0.05, 0) is 33.5 Å². The predicted octanol–water partition coefficient (Wildman–Crippen LogP) is 3.09. The molecule has 0 aliphatic heterocycles. The van der Waals surface area contributed by atoms with E-state index in [9.17, 15) is 5.11 Å². The fourth-order valence-electron chi connectivity index (χ4n) is 4.34. The molecular formula is C24H26N8O. The maximum absolute atomic E-state index is 9.68. The van der Waals surface area contributed by atoms with E-state index in [0.717, 1.165) is 57.8 Å². The van der Waals surface area contributed by atoms with Gasteiger partial charge in [0.15, 0.2) is 17.3 Å². The van der Waals surface area contributed by atoms with Crippen molar-refractivity contribution in [1.29, 1.82) is 0 Å². The highest BCUT2D eigenvalue weighted by Crippen LogP contribution is 2.30. The summed E-state index contributed by atoms with van der Waals surface area (Å²) >= 11 is 0. The number of aromatic amines is 1. The number of benzene rings is 2. The van der Waals surface area contributed by atoms with Crippen LogP contribution in [0, 0.1) is 0 Å². The first kappa shape index (κ1) is 21.0. The van der Waals surface area contributed by atoms with Crippen molar-refractivity contribution in [2.24, 2.45) is 0 Å². The Morgan fingerprint density at radius 3 is 2.42 bits per heavy atom. The topological polar surface area (TPSA) is 110 Å². The van der Waals surface area contributed by atoms with Crippen molar-refractivity contribution < 1.29 is 5.11 Å². The van der Waals surface area contributed by atoms with Crippen LogP contribution in [0.1, 0.15) is 36.5 Å². The number of rotatable bonds is 8. The smallest absolute Gasteiger partial charge is 0.180 e. The summed E-state index contributed by atoms with van der Waals surface area (Å²) in [5.41, 5.74) is 7.38. The maximum Gasteiger partial charge on any atom is 0.180 e. The van der Waals surface area contributed by atoms with Crippen molar-refractivity contribution in [1.82, 2.24) is 40.0 Å². The predicted molar refractivity (Wildman–Crippen MR) is 125 cm³/mol. The molecule has 9 nitrogen and oxygen atoms in total. The van der Waals surface area contributed by atoms with Gasteiger partial charge in [-0.2, -0.15) is 4.63 Å². The van der Waals surface area contributed by atoms with Gasteiger partial charge in [0.1, 0.15) is 0 Å². The van der Waals surface area contributed by atoms with Gasteiger partial charge in [0.2, 0.25) is 0 Å². The molecule has 0 saturated carbocycles. The average Bonchev–Trinajstić information content (AvgIpc) is 3.58. The number of aryl methyl sites for hydroxylation is 2. The summed E-state index contributed by atoms with van der Waals surface area (Å²) in [7, 11) is 0. The minimum atomic E-state index is 0.0903. The van der Waals surface area contributed by atoms with Gasteiger partial charge in [-0.25, -0.2) is 10.1 Å². The molecule has 0 bridgehead atoms. The van der Waals surface area contributed by atoms with E-state index in [4.69, 9.17) is 10.1 Å². The van der Waals surface area contributed by atoms with E-state index in [1.807, 2.05) is 22.8 Å². The first-order valence-electron chi connectivity index (χ1n) is 11.2. The van der Waals surface area contributed by atoms with Gasteiger partial charge in [-0.15, -0.1) is 10.2 Å². The van der Waals surface area contributed by atoms with E-state index in [1.165, 1.54) is 0 Å². The molecule has 2 aromatic carbocycles. The zero-order valence-electron chi connectivity index (χ0n) is 18.7. The van der Waals surface area contributed by atoms with Crippen molar-refractivity contribution in [3.05, 3.63) is 71.2 Å². The molecule has 3 heterocycles. The van der Waals surface area contributed by atoms with Gasteiger partial charge in [0, 0.05) is 36.3 Å². The average molecular weight is 443 g/mol. The summed E-state index contributed by atoms with van der Waals surface area (Å²) in [5, 5.41) is 28.7.